The van der Waals surface area contributed by atoms with Crippen LogP contribution in [0.15, 0.2) is 42.1 Å². The predicted molar refractivity (Wildman–Crippen MR) is 89.8 cm³/mol. The molecule has 0 spiro atoms. The fraction of sp³-hybridized carbons (Fsp3) is 0.444. The molecule has 24 heavy (non-hydrogen) atoms. The number of hydrogen-bond donors (Lipinski definition) is 2. The van der Waals surface area contributed by atoms with E-state index in [-0.39, 0.29) is 31.1 Å². The molecule has 1 aromatic carbocycles. The van der Waals surface area contributed by atoms with E-state index in [1.165, 1.54) is 6.08 Å². The number of nitrogens with zero attached hydrogens (tertiary/aromatic N) is 1. The van der Waals surface area contributed by atoms with Crippen molar-refractivity contribution in [3.8, 4) is 0 Å². The van der Waals surface area contributed by atoms with Crippen molar-refractivity contribution in [1.82, 2.24) is 10.2 Å². The fourth-order valence-electron chi connectivity index (χ4n) is 3.14. The Bertz CT molecular complexity index is 630. The van der Waals surface area contributed by atoms with Crippen molar-refractivity contribution in [1.29, 1.82) is 0 Å². The zero-order valence-corrected chi connectivity index (χ0v) is 13.6. The molecule has 0 radical (unpaired) electrons. The summed E-state index contributed by atoms with van der Waals surface area (Å²) in [5.74, 6) is -0.347. The first-order chi connectivity index (χ1) is 11.6. The van der Waals surface area contributed by atoms with Gasteiger partial charge in [0, 0.05) is 23.9 Å². The molecule has 6 heteroatoms. The van der Waals surface area contributed by atoms with Crippen LogP contribution in [0.25, 0.3) is 0 Å². The van der Waals surface area contributed by atoms with E-state index in [1.807, 2.05) is 30.3 Å². The zero-order chi connectivity index (χ0) is 16.9. The van der Waals surface area contributed by atoms with Crippen molar-refractivity contribution in [2.24, 2.45) is 5.73 Å². The molecule has 3 rings (SSSR count). The van der Waals surface area contributed by atoms with Gasteiger partial charge in [-0.25, -0.2) is 9.69 Å². The Labute approximate surface area is 141 Å². The van der Waals surface area contributed by atoms with Crippen LogP contribution in [-0.2, 0) is 16.1 Å². The number of amides is 2. The number of benzene rings is 1. The van der Waals surface area contributed by atoms with E-state index in [1.54, 1.807) is 0 Å². The Morgan fingerprint density at radius 2 is 2.00 bits per heavy atom. The van der Waals surface area contributed by atoms with Crippen LogP contribution in [0, 0.1) is 0 Å². The van der Waals surface area contributed by atoms with Crippen LogP contribution in [-0.4, -0.2) is 35.5 Å². The smallest absolute Gasteiger partial charge is 0.417 e. The van der Waals surface area contributed by atoms with Gasteiger partial charge in [0.15, 0.2) is 0 Å². The summed E-state index contributed by atoms with van der Waals surface area (Å²) in [5.41, 5.74) is 7.74. The van der Waals surface area contributed by atoms with Gasteiger partial charge >= 0.3 is 6.09 Å². The summed E-state index contributed by atoms with van der Waals surface area (Å²) >= 11 is 0. The Kier molecular flexibility index (Phi) is 5.15. The lowest BCUT2D eigenvalue weighted by molar-refractivity contribution is -0.123. The third-order valence-corrected chi connectivity index (χ3v) is 4.51. The van der Waals surface area contributed by atoms with Gasteiger partial charge in [0.05, 0.1) is 6.54 Å². The molecule has 0 bridgehead atoms. The van der Waals surface area contributed by atoms with Crippen LogP contribution < -0.4 is 11.1 Å². The maximum Gasteiger partial charge on any atom is 0.417 e. The number of imide groups is 1. The number of ether oxygens (including phenoxy) is 1. The van der Waals surface area contributed by atoms with Crippen molar-refractivity contribution >= 4 is 12.0 Å². The van der Waals surface area contributed by atoms with E-state index in [0.717, 1.165) is 41.8 Å². The van der Waals surface area contributed by atoms with Crippen LogP contribution >= 0.6 is 0 Å². The van der Waals surface area contributed by atoms with E-state index in [9.17, 15) is 9.59 Å². The number of carbonyl (C=O) groups excluding carboxylic acids is 2. The SMILES string of the molecule is N[C@@H]1CCCCC1NC1=CC(=O)N(C(=O)OCc2ccccc2)C1. The molecular formula is C18H23N3O3. The zero-order valence-electron chi connectivity index (χ0n) is 13.6. The number of carbonyl (C=O) groups is 2. The van der Waals surface area contributed by atoms with Crippen LogP contribution in [0.5, 0.6) is 0 Å². The van der Waals surface area contributed by atoms with Crippen LogP contribution in [0.2, 0.25) is 0 Å². The average molecular weight is 329 g/mol. The van der Waals surface area contributed by atoms with Gasteiger partial charge in [-0.1, -0.05) is 43.2 Å². The minimum absolute atomic E-state index is 0.0915. The van der Waals surface area contributed by atoms with Gasteiger partial charge < -0.3 is 15.8 Å². The summed E-state index contributed by atoms with van der Waals surface area (Å²) in [5, 5.41) is 3.32. The van der Waals surface area contributed by atoms with Gasteiger partial charge in [0.1, 0.15) is 6.61 Å². The highest BCUT2D eigenvalue weighted by Gasteiger charge is 2.31. The van der Waals surface area contributed by atoms with E-state index < -0.39 is 6.09 Å². The van der Waals surface area contributed by atoms with Crippen molar-refractivity contribution in [2.45, 2.75) is 44.4 Å². The third-order valence-electron chi connectivity index (χ3n) is 4.51. The summed E-state index contributed by atoms with van der Waals surface area (Å²) in [6.45, 7) is 0.370. The molecule has 1 heterocycles. The molecule has 2 amide bonds. The molecule has 3 N–H and O–H groups in total. The fourth-order valence-corrected chi connectivity index (χ4v) is 3.14. The standard InChI is InChI=1S/C18H23N3O3/c19-15-8-4-5-9-16(15)20-14-10-17(22)21(11-14)18(23)24-12-13-6-2-1-3-7-13/h1-3,6-7,10,15-16,20H,4-5,8-9,11-12,19H2/t15-,16?/m1/s1. The summed E-state index contributed by atoms with van der Waals surface area (Å²) in [6, 6.07) is 9.64. The van der Waals surface area contributed by atoms with Crippen LogP contribution in [0.4, 0.5) is 4.79 Å². The molecule has 1 unspecified atom stereocenters. The lowest BCUT2D eigenvalue weighted by atomic mass is 9.91. The maximum absolute atomic E-state index is 12.1. The van der Waals surface area contributed by atoms with E-state index in [2.05, 4.69) is 5.32 Å². The Hall–Kier alpha value is -2.34. The van der Waals surface area contributed by atoms with Crippen molar-refractivity contribution in [2.75, 3.05) is 6.54 Å². The van der Waals surface area contributed by atoms with Crippen LogP contribution in [0.3, 0.4) is 0 Å². The second kappa shape index (κ2) is 7.49. The van der Waals surface area contributed by atoms with Crippen LogP contribution in [0.1, 0.15) is 31.2 Å². The Morgan fingerprint density at radius 1 is 1.25 bits per heavy atom. The van der Waals surface area contributed by atoms with E-state index in [4.69, 9.17) is 10.5 Å². The topological polar surface area (TPSA) is 84.7 Å². The van der Waals surface area contributed by atoms with E-state index in [0.29, 0.717) is 0 Å². The van der Waals surface area contributed by atoms with Gasteiger partial charge in [-0.15, -0.1) is 0 Å². The molecule has 6 nitrogen and oxygen atoms in total. The van der Waals surface area contributed by atoms with Gasteiger partial charge in [-0.05, 0) is 18.4 Å². The molecule has 128 valence electrons. The van der Waals surface area contributed by atoms with E-state index >= 15 is 0 Å². The lowest BCUT2D eigenvalue weighted by Gasteiger charge is -2.30. The first kappa shape index (κ1) is 16.5. The first-order valence-electron chi connectivity index (χ1n) is 8.38. The summed E-state index contributed by atoms with van der Waals surface area (Å²) < 4.78 is 5.22. The predicted octanol–water partition coefficient (Wildman–Crippen LogP) is 1.91. The van der Waals surface area contributed by atoms with Gasteiger partial charge in [0.2, 0.25) is 0 Å². The second-order valence-corrected chi connectivity index (χ2v) is 6.33. The monoisotopic (exact) mass is 329 g/mol. The van der Waals surface area contributed by atoms with Gasteiger partial charge in [-0.3, -0.25) is 4.79 Å². The number of nitrogens with two attached hydrogens (primary N) is 1. The number of nitrogens with one attached hydrogen (secondary N) is 1. The van der Waals surface area contributed by atoms with Crippen molar-refractivity contribution in [3.63, 3.8) is 0 Å². The van der Waals surface area contributed by atoms with Gasteiger partial charge in [0.25, 0.3) is 5.91 Å². The molecule has 1 fully saturated rings. The second-order valence-electron chi connectivity index (χ2n) is 6.33. The molecule has 1 aromatic rings. The summed E-state index contributed by atoms with van der Waals surface area (Å²) in [7, 11) is 0. The third kappa shape index (κ3) is 3.94. The maximum atomic E-state index is 12.1. The first-order valence-corrected chi connectivity index (χ1v) is 8.38. The largest absolute Gasteiger partial charge is 0.444 e. The molecule has 0 saturated heterocycles. The quantitative estimate of drug-likeness (QED) is 0.881. The molecule has 1 saturated carbocycles. The van der Waals surface area contributed by atoms with Crippen molar-refractivity contribution < 1.29 is 14.3 Å². The summed E-state index contributed by atoms with van der Waals surface area (Å²) in [4.78, 5) is 25.3. The molecule has 1 aliphatic heterocycles. The van der Waals surface area contributed by atoms with Crippen molar-refractivity contribution in [3.05, 3.63) is 47.7 Å². The molecule has 2 aliphatic rings. The number of hydrogen-bond acceptors (Lipinski definition) is 5. The molecule has 2 atom stereocenters. The minimum Gasteiger partial charge on any atom is -0.444 e. The molecule has 1 aliphatic carbocycles. The Balaban J connectivity index is 1.51. The molecular weight excluding hydrogens is 306 g/mol. The minimum atomic E-state index is -0.621. The normalized spacial score (nSPS) is 23.8. The van der Waals surface area contributed by atoms with Gasteiger partial charge in [-0.2, -0.15) is 0 Å². The average Bonchev–Trinajstić information content (AvgIpc) is 2.96. The molecule has 0 aromatic heterocycles. The Morgan fingerprint density at radius 3 is 2.75 bits per heavy atom. The lowest BCUT2D eigenvalue weighted by Crippen LogP contribution is -2.47. The highest BCUT2D eigenvalue weighted by molar-refractivity contribution is 6.01. The highest BCUT2D eigenvalue weighted by Crippen LogP contribution is 2.19. The number of rotatable bonds is 4. The highest BCUT2D eigenvalue weighted by atomic mass is 16.6. The summed E-state index contributed by atoms with van der Waals surface area (Å²) in [6.07, 6.45) is 5.10.